The van der Waals surface area contributed by atoms with E-state index < -0.39 is 5.97 Å². The normalized spacial score (nSPS) is 10.9. The molecule has 2 heterocycles. The molecule has 5 nitrogen and oxygen atoms in total. The Labute approximate surface area is 151 Å². The standard InChI is InChI=1S/C19H12BrN3O2/c20-13-6-7-17-15(8-13)16(19(24)25)9-18(22-17)12-10-21-23(11-12)14-4-2-1-3-5-14/h1-11H,(H,24,25). The van der Waals surface area contributed by atoms with Crippen LogP contribution in [0.1, 0.15) is 10.4 Å². The highest BCUT2D eigenvalue weighted by Crippen LogP contribution is 2.27. The second-order valence-electron chi connectivity index (χ2n) is 5.53. The third-order valence-electron chi connectivity index (χ3n) is 3.90. The Kier molecular flexibility index (Phi) is 3.82. The Morgan fingerprint density at radius 3 is 2.64 bits per heavy atom. The molecule has 0 aliphatic heterocycles. The van der Waals surface area contributed by atoms with Crippen molar-refractivity contribution in [2.75, 3.05) is 0 Å². The van der Waals surface area contributed by atoms with E-state index in [1.165, 1.54) is 0 Å². The summed E-state index contributed by atoms with van der Waals surface area (Å²) in [5.41, 5.74) is 3.11. The number of aromatic carboxylic acids is 1. The van der Waals surface area contributed by atoms with Crippen LogP contribution in [0.15, 0.2) is 71.5 Å². The zero-order chi connectivity index (χ0) is 17.4. The molecule has 2 aromatic heterocycles. The number of hydrogen-bond acceptors (Lipinski definition) is 3. The summed E-state index contributed by atoms with van der Waals surface area (Å²) in [6, 6.07) is 16.7. The third kappa shape index (κ3) is 2.92. The molecule has 0 fully saturated rings. The molecule has 0 aliphatic carbocycles. The fourth-order valence-corrected chi connectivity index (χ4v) is 3.06. The minimum atomic E-state index is -0.984. The molecule has 4 aromatic rings. The molecule has 0 aliphatic rings. The summed E-state index contributed by atoms with van der Waals surface area (Å²) in [6.07, 6.45) is 3.53. The Hall–Kier alpha value is -2.99. The van der Waals surface area contributed by atoms with Gasteiger partial charge in [-0.25, -0.2) is 14.5 Å². The molecule has 0 saturated carbocycles. The van der Waals surface area contributed by atoms with E-state index in [9.17, 15) is 9.90 Å². The second kappa shape index (κ2) is 6.14. The van der Waals surface area contributed by atoms with Crippen LogP contribution in [0.4, 0.5) is 0 Å². The van der Waals surface area contributed by atoms with E-state index in [1.807, 2.05) is 42.6 Å². The third-order valence-corrected chi connectivity index (χ3v) is 4.39. The maximum Gasteiger partial charge on any atom is 0.336 e. The van der Waals surface area contributed by atoms with Crippen LogP contribution in [-0.2, 0) is 0 Å². The van der Waals surface area contributed by atoms with Crippen molar-refractivity contribution < 1.29 is 9.90 Å². The predicted octanol–water partition coefficient (Wildman–Crippen LogP) is 4.55. The highest BCUT2D eigenvalue weighted by molar-refractivity contribution is 9.10. The van der Waals surface area contributed by atoms with Gasteiger partial charge in [0.15, 0.2) is 0 Å². The molecule has 2 aromatic carbocycles. The van der Waals surface area contributed by atoms with Crippen LogP contribution in [0.5, 0.6) is 0 Å². The van der Waals surface area contributed by atoms with Gasteiger partial charge in [0.2, 0.25) is 0 Å². The molecule has 0 unspecified atom stereocenters. The van der Waals surface area contributed by atoms with Crippen LogP contribution in [0.2, 0.25) is 0 Å². The van der Waals surface area contributed by atoms with Crippen LogP contribution < -0.4 is 0 Å². The number of rotatable bonds is 3. The topological polar surface area (TPSA) is 68.0 Å². The van der Waals surface area contributed by atoms with E-state index in [4.69, 9.17) is 0 Å². The highest BCUT2D eigenvalue weighted by Gasteiger charge is 2.14. The van der Waals surface area contributed by atoms with Crippen molar-refractivity contribution in [3.8, 4) is 16.9 Å². The van der Waals surface area contributed by atoms with E-state index in [2.05, 4.69) is 26.0 Å². The van der Waals surface area contributed by atoms with Gasteiger partial charge in [-0.2, -0.15) is 5.10 Å². The van der Waals surface area contributed by atoms with Gasteiger partial charge in [-0.15, -0.1) is 0 Å². The van der Waals surface area contributed by atoms with Gasteiger partial charge < -0.3 is 5.11 Å². The van der Waals surface area contributed by atoms with Crippen LogP contribution in [-0.4, -0.2) is 25.8 Å². The Balaban J connectivity index is 1.86. The van der Waals surface area contributed by atoms with E-state index in [0.29, 0.717) is 16.6 Å². The van der Waals surface area contributed by atoms with Gasteiger partial charge in [0.1, 0.15) is 0 Å². The van der Waals surface area contributed by atoms with Crippen molar-refractivity contribution in [2.45, 2.75) is 0 Å². The summed E-state index contributed by atoms with van der Waals surface area (Å²) in [7, 11) is 0. The van der Waals surface area contributed by atoms with E-state index in [0.717, 1.165) is 15.7 Å². The number of halogens is 1. The van der Waals surface area contributed by atoms with Gasteiger partial charge in [0.05, 0.1) is 28.7 Å². The average Bonchev–Trinajstić information content (AvgIpc) is 3.11. The van der Waals surface area contributed by atoms with Crippen LogP contribution in [0.25, 0.3) is 27.8 Å². The first kappa shape index (κ1) is 15.5. The summed E-state index contributed by atoms with van der Waals surface area (Å²) in [5.74, 6) is -0.984. The number of para-hydroxylation sites is 1. The number of benzene rings is 2. The maximum atomic E-state index is 11.7. The lowest BCUT2D eigenvalue weighted by Gasteiger charge is -2.06. The van der Waals surface area contributed by atoms with Gasteiger partial charge in [0, 0.05) is 21.6 Å². The van der Waals surface area contributed by atoms with Gasteiger partial charge in [0.25, 0.3) is 0 Å². The molecular weight excluding hydrogens is 382 g/mol. The summed E-state index contributed by atoms with van der Waals surface area (Å²) in [5, 5.41) is 14.5. The Morgan fingerprint density at radius 1 is 1.08 bits per heavy atom. The first-order chi connectivity index (χ1) is 12.1. The van der Waals surface area contributed by atoms with Crippen molar-refractivity contribution in [3.63, 3.8) is 0 Å². The number of carboxylic acid groups (broad SMARTS) is 1. The zero-order valence-corrected chi connectivity index (χ0v) is 14.5. The Morgan fingerprint density at radius 2 is 1.88 bits per heavy atom. The lowest BCUT2D eigenvalue weighted by atomic mass is 10.1. The summed E-state index contributed by atoms with van der Waals surface area (Å²) in [6.45, 7) is 0. The quantitative estimate of drug-likeness (QED) is 0.554. The van der Waals surface area contributed by atoms with Gasteiger partial charge >= 0.3 is 5.97 Å². The lowest BCUT2D eigenvalue weighted by Crippen LogP contribution is -2.00. The van der Waals surface area contributed by atoms with Crippen molar-refractivity contribution >= 4 is 32.8 Å². The first-order valence-electron chi connectivity index (χ1n) is 7.56. The van der Waals surface area contributed by atoms with Gasteiger partial charge in [-0.05, 0) is 36.4 Å². The number of carboxylic acids is 1. The minimum absolute atomic E-state index is 0.216. The molecule has 0 saturated heterocycles. The van der Waals surface area contributed by atoms with Crippen molar-refractivity contribution in [1.29, 1.82) is 0 Å². The fraction of sp³-hybridized carbons (Fsp3) is 0. The monoisotopic (exact) mass is 393 g/mol. The number of hydrogen-bond donors (Lipinski definition) is 1. The number of carbonyl (C=O) groups is 1. The van der Waals surface area contributed by atoms with Crippen LogP contribution in [0, 0.1) is 0 Å². The predicted molar refractivity (Wildman–Crippen MR) is 99.0 cm³/mol. The molecule has 0 amide bonds. The smallest absolute Gasteiger partial charge is 0.336 e. The number of nitrogens with zero attached hydrogens (tertiary/aromatic N) is 3. The molecule has 0 bridgehead atoms. The molecular formula is C19H12BrN3O2. The van der Waals surface area contributed by atoms with E-state index in [-0.39, 0.29) is 5.56 Å². The lowest BCUT2D eigenvalue weighted by molar-refractivity contribution is 0.0699. The molecule has 0 atom stereocenters. The summed E-state index contributed by atoms with van der Waals surface area (Å²) in [4.78, 5) is 16.3. The Bertz CT molecular complexity index is 1090. The minimum Gasteiger partial charge on any atom is -0.478 e. The molecule has 122 valence electrons. The largest absolute Gasteiger partial charge is 0.478 e. The van der Waals surface area contributed by atoms with E-state index >= 15 is 0 Å². The van der Waals surface area contributed by atoms with Crippen molar-refractivity contribution in [2.24, 2.45) is 0 Å². The van der Waals surface area contributed by atoms with E-state index in [1.54, 1.807) is 29.1 Å². The van der Waals surface area contributed by atoms with Crippen LogP contribution >= 0.6 is 15.9 Å². The zero-order valence-electron chi connectivity index (χ0n) is 12.9. The average molecular weight is 394 g/mol. The molecule has 0 spiro atoms. The van der Waals surface area contributed by atoms with Gasteiger partial charge in [-0.1, -0.05) is 34.1 Å². The molecule has 0 radical (unpaired) electrons. The first-order valence-corrected chi connectivity index (χ1v) is 8.35. The van der Waals surface area contributed by atoms with Crippen LogP contribution in [0.3, 0.4) is 0 Å². The molecule has 4 rings (SSSR count). The summed E-state index contributed by atoms with van der Waals surface area (Å²) < 4.78 is 2.55. The van der Waals surface area contributed by atoms with Crippen molar-refractivity contribution in [1.82, 2.24) is 14.8 Å². The number of aromatic nitrogens is 3. The molecule has 25 heavy (non-hydrogen) atoms. The van der Waals surface area contributed by atoms with Gasteiger partial charge in [-0.3, -0.25) is 0 Å². The fourth-order valence-electron chi connectivity index (χ4n) is 2.70. The number of pyridine rings is 1. The SMILES string of the molecule is O=C(O)c1cc(-c2cnn(-c3ccccc3)c2)nc2ccc(Br)cc12. The van der Waals surface area contributed by atoms with Crippen molar-refractivity contribution in [3.05, 3.63) is 77.0 Å². The number of fused-ring (bicyclic) bond motifs is 1. The summed E-state index contributed by atoms with van der Waals surface area (Å²) >= 11 is 3.37. The molecule has 6 heteroatoms. The highest BCUT2D eigenvalue weighted by atomic mass is 79.9. The second-order valence-corrected chi connectivity index (χ2v) is 6.45. The maximum absolute atomic E-state index is 11.7. The molecule has 1 N–H and O–H groups in total.